The van der Waals surface area contributed by atoms with E-state index in [2.05, 4.69) is 0 Å². The zero-order valence-corrected chi connectivity index (χ0v) is 9.94. The van der Waals surface area contributed by atoms with Crippen molar-refractivity contribution >= 4 is 23.2 Å². The summed E-state index contributed by atoms with van der Waals surface area (Å²) in [6.07, 6.45) is 0.793. The van der Waals surface area contributed by atoms with Gasteiger partial charge in [0.2, 0.25) is 0 Å². The van der Waals surface area contributed by atoms with Crippen LogP contribution >= 0.6 is 23.2 Å². The number of rotatable bonds is 5. The van der Waals surface area contributed by atoms with Gasteiger partial charge in [0.15, 0.2) is 5.75 Å². The molecule has 0 radical (unpaired) electrons. The predicted molar refractivity (Wildman–Crippen MR) is 62.2 cm³/mol. The molecule has 1 rings (SSSR count). The Morgan fingerprint density at radius 2 is 1.87 bits per heavy atom. The molecule has 0 fully saturated rings. The molecule has 5 heteroatoms. The Morgan fingerprint density at radius 1 is 1.27 bits per heavy atom. The maximum Gasteiger partial charge on any atom is 0.156 e. The Labute approximate surface area is 99.1 Å². The Bertz CT molecular complexity index is 308. The van der Waals surface area contributed by atoms with Crippen molar-refractivity contribution in [1.82, 2.24) is 0 Å². The zero-order chi connectivity index (χ0) is 11.3. The molecule has 1 aromatic rings. The Hall–Kier alpha value is -0.640. The maximum atomic E-state index is 5.93. The number of benzene rings is 1. The molecule has 0 bridgehead atoms. The molecule has 0 saturated carbocycles. The molecule has 1 aromatic carbocycles. The highest BCUT2D eigenvalue weighted by Crippen LogP contribution is 2.36. The highest BCUT2D eigenvalue weighted by molar-refractivity contribution is 6.37. The molecule has 2 N–H and O–H groups in total. The van der Waals surface area contributed by atoms with Crippen LogP contribution in [0.3, 0.4) is 0 Å². The zero-order valence-electron chi connectivity index (χ0n) is 8.43. The minimum absolute atomic E-state index is 0.438. The van der Waals surface area contributed by atoms with Crippen LogP contribution in [0.4, 0.5) is 0 Å². The van der Waals surface area contributed by atoms with E-state index in [-0.39, 0.29) is 0 Å². The molecule has 0 spiro atoms. The van der Waals surface area contributed by atoms with E-state index >= 15 is 0 Å². The van der Waals surface area contributed by atoms with Gasteiger partial charge in [0, 0.05) is 12.1 Å². The van der Waals surface area contributed by atoms with Crippen molar-refractivity contribution in [3.8, 4) is 11.5 Å². The van der Waals surface area contributed by atoms with Gasteiger partial charge in [-0.3, -0.25) is 0 Å². The van der Waals surface area contributed by atoms with Crippen molar-refractivity contribution in [2.45, 2.75) is 6.42 Å². The smallest absolute Gasteiger partial charge is 0.156 e. The highest BCUT2D eigenvalue weighted by Gasteiger charge is 2.08. The fourth-order valence-corrected chi connectivity index (χ4v) is 1.71. The summed E-state index contributed by atoms with van der Waals surface area (Å²) in [4.78, 5) is 0. The molecule has 0 amide bonds. The standard InChI is InChI=1S/C10H13Cl2NO2/c1-14-10-8(11)5-7(6-9(10)12)15-4-2-3-13/h5-6H,2-4,13H2,1H3. The Balaban J connectivity index is 2.75. The Morgan fingerprint density at radius 3 is 2.33 bits per heavy atom. The number of nitrogens with two attached hydrogens (primary N) is 1. The highest BCUT2D eigenvalue weighted by atomic mass is 35.5. The van der Waals surface area contributed by atoms with E-state index in [1.165, 1.54) is 7.11 Å². The van der Waals surface area contributed by atoms with Crippen molar-refractivity contribution in [3.63, 3.8) is 0 Å². The number of hydrogen-bond acceptors (Lipinski definition) is 3. The van der Waals surface area contributed by atoms with Gasteiger partial charge in [-0.2, -0.15) is 0 Å². The van der Waals surface area contributed by atoms with Crippen LogP contribution in [0.15, 0.2) is 12.1 Å². The van der Waals surface area contributed by atoms with E-state index < -0.39 is 0 Å². The van der Waals surface area contributed by atoms with Crippen molar-refractivity contribution in [1.29, 1.82) is 0 Å². The van der Waals surface area contributed by atoms with E-state index in [4.69, 9.17) is 38.4 Å². The topological polar surface area (TPSA) is 44.5 Å². The molecule has 0 aliphatic heterocycles. The van der Waals surface area contributed by atoms with Gasteiger partial charge in [0.1, 0.15) is 5.75 Å². The largest absolute Gasteiger partial charge is 0.494 e. The van der Waals surface area contributed by atoms with Gasteiger partial charge in [-0.1, -0.05) is 23.2 Å². The monoisotopic (exact) mass is 249 g/mol. The predicted octanol–water partition coefficient (Wildman–Crippen LogP) is 2.73. The van der Waals surface area contributed by atoms with E-state index in [9.17, 15) is 0 Å². The number of methoxy groups -OCH3 is 1. The lowest BCUT2D eigenvalue weighted by atomic mass is 10.3. The van der Waals surface area contributed by atoms with Crippen LogP contribution < -0.4 is 15.2 Å². The summed E-state index contributed by atoms with van der Waals surface area (Å²) in [6, 6.07) is 3.34. The average Bonchev–Trinajstić information content (AvgIpc) is 2.18. The molecule has 3 nitrogen and oxygen atoms in total. The van der Waals surface area contributed by atoms with Crippen molar-refractivity contribution < 1.29 is 9.47 Å². The van der Waals surface area contributed by atoms with Crippen LogP contribution in [0.1, 0.15) is 6.42 Å². The first-order valence-corrected chi connectivity index (χ1v) is 5.30. The first kappa shape index (κ1) is 12.4. The second kappa shape index (κ2) is 6.05. The summed E-state index contributed by atoms with van der Waals surface area (Å²) in [6.45, 7) is 1.15. The summed E-state index contributed by atoms with van der Waals surface area (Å²) in [5, 5.41) is 0.875. The maximum absolute atomic E-state index is 5.93. The molecule has 84 valence electrons. The first-order valence-electron chi connectivity index (χ1n) is 4.55. The Kier molecular flexibility index (Phi) is 5.02. The van der Waals surface area contributed by atoms with E-state index in [0.29, 0.717) is 34.7 Å². The molecule has 0 aromatic heterocycles. The van der Waals surface area contributed by atoms with Crippen LogP contribution in [0.25, 0.3) is 0 Å². The molecule has 15 heavy (non-hydrogen) atoms. The molecule has 0 unspecified atom stereocenters. The van der Waals surface area contributed by atoms with E-state index in [1.807, 2.05) is 0 Å². The lowest BCUT2D eigenvalue weighted by Gasteiger charge is -2.09. The van der Waals surface area contributed by atoms with Gasteiger partial charge in [0.05, 0.1) is 23.8 Å². The average molecular weight is 250 g/mol. The number of hydrogen-bond donors (Lipinski definition) is 1. The van der Waals surface area contributed by atoms with Gasteiger partial charge >= 0.3 is 0 Å². The first-order chi connectivity index (χ1) is 7.19. The number of halogens is 2. The van der Waals surface area contributed by atoms with Crippen molar-refractivity contribution in [3.05, 3.63) is 22.2 Å². The third kappa shape index (κ3) is 3.45. The molecule has 0 aliphatic rings. The molecular weight excluding hydrogens is 237 g/mol. The van der Waals surface area contributed by atoms with Crippen LogP contribution in [0.2, 0.25) is 10.0 Å². The number of ether oxygens (including phenoxy) is 2. The van der Waals surface area contributed by atoms with Crippen molar-refractivity contribution in [2.24, 2.45) is 5.73 Å². The van der Waals surface area contributed by atoms with Gasteiger partial charge in [-0.25, -0.2) is 0 Å². The normalized spacial score (nSPS) is 10.1. The van der Waals surface area contributed by atoms with Gasteiger partial charge < -0.3 is 15.2 Å². The SMILES string of the molecule is COc1c(Cl)cc(OCCCN)cc1Cl. The molecule has 0 aliphatic carbocycles. The summed E-state index contributed by atoms with van der Waals surface area (Å²) >= 11 is 11.9. The molecular formula is C10H13Cl2NO2. The van der Waals surface area contributed by atoms with Crippen LogP contribution in [0.5, 0.6) is 11.5 Å². The van der Waals surface area contributed by atoms with Crippen LogP contribution in [0, 0.1) is 0 Å². The molecule has 0 atom stereocenters. The van der Waals surface area contributed by atoms with E-state index in [0.717, 1.165) is 6.42 Å². The summed E-state index contributed by atoms with van der Waals surface area (Å²) < 4.78 is 10.4. The van der Waals surface area contributed by atoms with E-state index in [1.54, 1.807) is 12.1 Å². The lowest BCUT2D eigenvalue weighted by Crippen LogP contribution is -2.06. The van der Waals surface area contributed by atoms with Crippen molar-refractivity contribution in [2.75, 3.05) is 20.3 Å². The lowest BCUT2D eigenvalue weighted by molar-refractivity contribution is 0.312. The minimum Gasteiger partial charge on any atom is -0.494 e. The van der Waals surface area contributed by atoms with Gasteiger partial charge in [0.25, 0.3) is 0 Å². The molecule has 0 saturated heterocycles. The summed E-state index contributed by atoms with van der Waals surface area (Å²) in [7, 11) is 1.52. The summed E-state index contributed by atoms with van der Waals surface area (Å²) in [5.74, 6) is 1.09. The third-order valence-corrected chi connectivity index (χ3v) is 2.35. The fourth-order valence-electron chi connectivity index (χ4n) is 1.09. The molecule has 0 heterocycles. The second-order valence-electron chi connectivity index (χ2n) is 2.91. The fraction of sp³-hybridized carbons (Fsp3) is 0.400. The van der Waals surface area contributed by atoms with Crippen LogP contribution in [-0.2, 0) is 0 Å². The minimum atomic E-state index is 0.438. The van der Waals surface area contributed by atoms with Gasteiger partial charge in [-0.05, 0) is 13.0 Å². The van der Waals surface area contributed by atoms with Gasteiger partial charge in [-0.15, -0.1) is 0 Å². The summed E-state index contributed by atoms with van der Waals surface area (Å²) in [5.41, 5.74) is 5.35. The van der Waals surface area contributed by atoms with Crippen LogP contribution in [-0.4, -0.2) is 20.3 Å². The third-order valence-electron chi connectivity index (χ3n) is 1.79. The quantitative estimate of drug-likeness (QED) is 0.817. The second-order valence-corrected chi connectivity index (χ2v) is 3.73.